The molecule has 0 bridgehead atoms. The van der Waals surface area contributed by atoms with Gasteiger partial charge >= 0.3 is 12.6 Å². The quantitative estimate of drug-likeness (QED) is 0.537. The molecule has 2 heterocycles. The van der Waals surface area contributed by atoms with Crippen LogP contribution in [0.15, 0.2) is 57.9 Å². The summed E-state index contributed by atoms with van der Waals surface area (Å²) in [5, 5.41) is 4.10. The van der Waals surface area contributed by atoms with Crippen molar-refractivity contribution in [3.63, 3.8) is 0 Å². The minimum Gasteiger partial charge on any atom is -0.435 e. The first-order chi connectivity index (χ1) is 14.5. The van der Waals surface area contributed by atoms with Crippen molar-refractivity contribution in [1.82, 2.24) is 14.4 Å². The number of aryl methyl sites for hydroxylation is 1. The highest BCUT2D eigenvalue weighted by atomic mass is 32.2. The molecule has 0 aliphatic carbocycles. The molecule has 158 valence electrons. The first-order valence-corrected chi connectivity index (χ1v) is 10.8. The predicted octanol–water partition coefficient (Wildman–Crippen LogP) is 4.44. The average Bonchev–Trinajstić information content (AvgIpc) is 3.24. The van der Waals surface area contributed by atoms with Gasteiger partial charge in [-0.3, -0.25) is 0 Å². The third-order valence-corrected chi connectivity index (χ3v) is 6.67. The van der Waals surface area contributed by atoms with Gasteiger partial charge in [-0.05, 0) is 31.2 Å². The molecule has 1 unspecified atom stereocenters. The van der Waals surface area contributed by atoms with Crippen LogP contribution in [0.2, 0.25) is 0 Å². The van der Waals surface area contributed by atoms with Crippen molar-refractivity contribution in [3.05, 3.63) is 54.1 Å². The molecule has 1 atom stereocenters. The molecule has 1 aromatic heterocycles. The zero-order valence-corrected chi connectivity index (χ0v) is 17.3. The van der Waals surface area contributed by atoms with E-state index in [1.54, 1.807) is 24.3 Å². The molecular weight excluding hydrogens is 410 g/mol. The molecule has 30 heavy (non-hydrogen) atoms. The standard InChI is InChI=1S/C21H22F2N4O2S/c1-15-3-5-16(6-4-15)19-24-21(29-25-19)26-11-13-27(14-12-26)30(2)18-9-7-17(8-10-18)28-20(22)23/h3-10,20H,2,11-14H2,1H3. The Hall–Kier alpha value is -2.78. The van der Waals surface area contributed by atoms with Crippen molar-refractivity contribution in [2.24, 2.45) is 0 Å². The Bertz CT molecular complexity index is 1000. The molecule has 9 heteroatoms. The minimum absolute atomic E-state index is 0.149. The average molecular weight is 432 g/mol. The Morgan fingerprint density at radius 1 is 1.03 bits per heavy atom. The van der Waals surface area contributed by atoms with Gasteiger partial charge in [0.25, 0.3) is 0 Å². The van der Waals surface area contributed by atoms with Gasteiger partial charge in [0.2, 0.25) is 5.82 Å². The largest absolute Gasteiger partial charge is 0.435 e. The molecule has 2 aromatic carbocycles. The highest BCUT2D eigenvalue weighted by Crippen LogP contribution is 2.32. The summed E-state index contributed by atoms with van der Waals surface area (Å²) in [4.78, 5) is 7.58. The van der Waals surface area contributed by atoms with E-state index in [-0.39, 0.29) is 5.75 Å². The van der Waals surface area contributed by atoms with Crippen LogP contribution in [-0.2, 0) is 0 Å². The van der Waals surface area contributed by atoms with Crippen molar-refractivity contribution >= 4 is 22.6 Å². The van der Waals surface area contributed by atoms with E-state index in [1.165, 1.54) is 5.56 Å². The molecule has 0 amide bonds. The number of nitrogens with zero attached hydrogens (tertiary/aromatic N) is 4. The highest BCUT2D eigenvalue weighted by Gasteiger charge is 2.23. The van der Waals surface area contributed by atoms with Crippen LogP contribution in [0.25, 0.3) is 11.4 Å². The molecule has 0 saturated carbocycles. The molecule has 1 saturated heterocycles. The second kappa shape index (κ2) is 8.93. The third-order valence-electron chi connectivity index (χ3n) is 4.87. The van der Waals surface area contributed by atoms with E-state index in [0.717, 1.165) is 36.6 Å². The lowest BCUT2D eigenvalue weighted by Crippen LogP contribution is -2.44. The van der Waals surface area contributed by atoms with Crippen molar-refractivity contribution < 1.29 is 18.0 Å². The molecule has 3 aromatic rings. The number of ether oxygens (including phenoxy) is 1. The SMILES string of the molecule is C=S(c1ccc(OC(F)F)cc1)N1CCN(c2nc(-c3ccc(C)cc3)no2)CC1. The van der Waals surface area contributed by atoms with Gasteiger partial charge in [0.15, 0.2) is 0 Å². The summed E-state index contributed by atoms with van der Waals surface area (Å²) in [5.41, 5.74) is 2.10. The fraction of sp³-hybridized carbons (Fsp3) is 0.286. The van der Waals surface area contributed by atoms with Crippen LogP contribution in [0.3, 0.4) is 0 Å². The number of alkyl halides is 2. The van der Waals surface area contributed by atoms with Crippen LogP contribution in [0.5, 0.6) is 5.75 Å². The van der Waals surface area contributed by atoms with Gasteiger partial charge in [-0.25, -0.2) is 4.31 Å². The molecule has 0 spiro atoms. The normalized spacial score (nSPS) is 16.1. The number of benzene rings is 2. The number of halogens is 2. The van der Waals surface area contributed by atoms with E-state index >= 15 is 0 Å². The minimum atomic E-state index is -2.82. The van der Waals surface area contributed by atoms with E-state index in [4.69, 9.17) is 4.52 Å². The van der Waals surface area contributed by atoms with Crippen molar-refractivity contribution in [3.8, 4) is 17.1 Å². The molecule has 1 aliphatic rings. The number of anilines is 1. The summed E-state index contributed by atoms with van der Waals surface area (Å²) in [7, 11) is -0.392. The zero-order valence-electron chi connectivity index (χ0n) is 16.5. The Morgan fingerprint density at radius 2 is 1.70 bits per heavy atom. The van der Waals surface area contributed by atoms with Crippen molar-refractivity contribution in [2.45, 2.75) is 18.4 Å². The molecule has 6 nitrogen and oxygen atoms in total. The maximum Gasteiger partial charge on any atom is 0.387 e. The lowest BCUT2D eigenvalue weighted by molar-refractivity contribution is -0.0498. The van der Waals surface area contributed by atoms with Crippen LogP contribution in [0.1, 0.15) is 5.56 Å². The maximum atomic E-state index is 12.3. The first kappa shape index (κ1) is 20.5. The Balaban J connectivity index is 1.36. The molecular formula is C21H22F2N4O2S. The first-order valence-electron chi connectivity index (χ1n) is 9.49. The van der Waals surface area contributed by atoms with Crippen molar-refractivity contribution in [1.29, 1.82) is 0 Å². The van der Waals surface area contributed by atoms with Crippen LogP contribution < -0.4 is 9.64 Å². The maximum absolute atomic E-state index is 12.3. The number of hydrogen-bond acceptors (Lipinski definition) is 6. The van der Waals surface area contributed by atoms with Crippen LogP contribution in [-0.4, -0.2) is 53.1 Å². The second-order valence-corrected chi connectivity index (χ2v) is 8.61. The number of piperazine rings is 1. The Kier molecular flexibility index (Phi) is 6.10. The van der Waals surface area contributed by atoms with Crippen LogP contribution in [0, 0.1) is 6.92 Å². The van der Waals surface area contributed by atoms with Gasteiger partial charge in [-0.2, -0.15) is 13.8 Å². The Labute approximate surface area is 176 Å². The summed E-state index contributed by atoms with van der Waals surface area (Å²) in [6, 6.07) is 15.2. The number of rotatable bonds is 6. The second-order valence-electron chi connectivity index (χ2n) is 6.90. The molecule has 1 fully saturated rings. The molecule has 0 radical (unpaired) electrons. The summed E-state index contributed by atoms with van der Waals surface area (Å²) in [6.07, 6.45) is 0. The van der Waals surface area contributed by atoms with Gasteiger partial charge in [-0.1, -0.05) is 51.5 Å². The van der Waals surface area contributed by atoms with Gasteiger partial charge in [0.1, 0.15) is 5.75 Å². The van der Waals surface area contributed by atoms with Gasteiger partial charge in [0.05, 0.1) is 0 Å². The lowest BCUT2D eigenvalue weighted by atomic mass is 10.1. The van der Waals surface area contributed by atoms with Gasteiger partial charge in [-0.15, -0.1) is 0 Å². The van der Waals surface area contributed by atoms with Gasteiger partial charge < -0.3 is 14.2 Å². The van der Waals surface area contributed by atoms with E-state index in [0.29, 0.717) is 11.8 Å². The van der Waals surface area contributed by atoms with Crippen LogP contribution >= 0.6 is 10.7 Å². The van der Waals surface area contributed by atoms with E-state index in [1.807, 2.05) is 31.2 Å². The predicted molar refractivity (Wildman–Crippen MR) is 114 cm³/mol. The number of aromatic nitrogens is 2. The van der Waals surface area contributed by atoms with E-state index in [2.05, 4.69) is 30.0 Å². The number of hydrogen-bond donors (Lipinski definition) is 0. The topological polar surface area (TPSA) is 54.6 Å². The van der Waals surface area contributed by atoms with Gasteiger partial charge in [0, 0.05) is 36.6 Å². The van der Waals surface area contributed by atoms with Crippen molar-refractivity contribution in [2.75, 3.05) is 31.1 Å². The fourth-order valence-corrected chi connectivity index (χ4v) is 4.54. The molecule has 0 N–H and O–H groups in total. The van der Waals surface area contributed by atoms with Crippen LogP contribution in [0.4, 0.5) is 14.8 Å². The monoisotopic (exact) mass is 432 g/mol. The van der Waals surface area contributed by atoms with E-state index < -0.39 is 17.3 Å². The fourth-order valence-electron chi connectivity index (χ4n) is 3.19. The third kappa shape index (κ3) is 4.68. The summed E-state index contributed by atoms with van der Waals surface area (Å²) < 4.78 is 36.7. The summed E-state index contributed by atoms with van der Waals surface area (Å²) in [6.45, 7) is 2.25. The van der Waals surface area contributed by atoms with E-state index in [9.17, 15) is 8.78 Å². The summed E-state index contributed by atoms with van der Waals surface area (Å²) >= 11 is 0. The highest BCUT2D eigenvalue weighted by molar-refractivity contribution is 8.12. The Morgan fingerprint density at radius 3 is 2.33 bits per heavy atom. The zero-order chi connectivity index (χ0) is 21.1. The summed E-state index contributed by atoms with van der Waals surface area (Å²) in [5.74, 6) is 4.99. The molecule has 1 aliphatic heterocycles. The lowest BCUT2D eigenvalue weighted by Gasteiger charge is -2.35. The smallest absolute Gasteiger partial charge is 0.387 e. The molecule has 4 rings (SSSR count).